The Morgan fingerprint density at radius 2 is 1.91 bits per heavy atom. The van der Waals surface area contributed by atoms with Crippen LogP contribution in [0.25, 0.3) is 0 Å². The standard InChI is InChI=1S/C18H23N3O2/c1-22-16-8-7-15(17(11-16)23-2)13-21(12-14-5-3-6-14)18-19-9-4-10-20-18/h4,7-11,14H,3,5-6,12-13H2,1-2H3. The van der Waals surface area contributed by atoms with Crippen molar-refractivity contribution in [3.63, 3.8) is 0 Å². The molecule has 1 saturated carbocycles. The van der Waals surface area contributed by atoms with Crippen LogP contribution in [0, 0.1) is 5.92 Å². The van der Waals surface area contributed by atoms with Crippen molar-refractivity contribution in [1.82, 2.24) is 9.97 Å². The highest BCUT2D eigenvalue weighted by Gasteiger charge is 2.23. The fourth-order valence-electron chi connectivity index (χ4n) is 2.85. The first kappa shape index (κ1) is 15.6. The van der Waals surface area contributed by atoms with Gasteiger partial charge in [0, 0.05) is 37.1 Å². The molecule has 3 rings (SSSR count). The van der Waals surface area contributed by atoms with Crippen LogP contribution in [0.4, 0.5) is 5.95 Å². The number of hydrogen-bond donors (Lipinski definition) is 0. The lowest BCUT2D eigenvalue weighted by atomic mass is 9.85. The van der Waals surface area contributed by atoms with E-state index in [4.69, 9.17) is 9.47 Å². The molecule has 0 aliphatic heterocycles. The van der Waals surface area contributed by atoms with Crippen molar-refractivity contribution >= 4 is 5.95 Å². The summed E-state index contributed by atoms with van der Waals surface area (Å²) < 4.78 is 10.8. The van der Waals surface area contributed by atoms with Crippen LogP contribution in [-0.2, 0) is 6.54 Å². The van der Waals surface area contributed by atoms with E-state index in [1.54, 1.807) is 26.6 Å². The molecule has 1 fully saturated rings. The summed E-state index contributed by atoms with van der Waals surface area (Å²) in [5.74, 6) is 3.14. The predicted molar refractivity (Wildman–Crippen MR) is 90.0 cm³/mol. The highest BCUT2D eigenvalue weighted by molar-refractivity contribution is 5.43. The van der Waals surface area contributed by atoms with Gasteiger partial charge in [-0.25, -0.2) is 9.97 Å². The van der Waals surface area contributed by atoms with E-state index in [9.17, 15) is 0 Å². The van der Waals surface area contributed by atoms with Crippen LogP contribution in [0.3, 0.4) is 0 Å². The van der Waals surface area contributed by atoms with E-state index in [2.05, 4.69) is 14.9 Å². The van der Waals surface area contributed by atoms with Crippen molar-refractivity contribution in [2.75, 3.05) is 25.7 Å². The first-order valence-corrected chi connectivity index (χ1v) is 8.03. The molecule has 1 aromatic carbocycles. The molecule has 1 heterocycles. The van der Waals surface area contributed by atoms with Gasteiger partial charge in [-0.15, -0.1) is 0 Å². The molecule has 1 aromatic heterocycles. The molecule has 5 nitrogen and oxygen atoms in total. The van der Waals surface area contributed by atoms with Crippen LogP contribution in [0.2, 0.25) is 0 Å². The second-order valence-electron chi connectivity index (χ2n) is 5.90. The first-order chi connectivity index (χ1) is 11.3. The molecule has 0 amide bonds. The average molecular weight is 313 g/mol. The fraction of sp³-hybridized carbons (Fsp3) is 0.444. The van der Waals surface area contributed by atoms with Gasteiger partial charge < -0.3 is 14.4 Å². The van der Waals surface area contributed by atoms with Crippen molar-refractivity contribution < 1.29 is 9.47 Å². The SMILES string of the molecule is COc1ccc(CN(CC2CCC2)c2ncccn2)c(OC)c1. The van der Waals surface area contributed by atoms with Crippen LogP contribution in [0.5, 0.6) is 11.5 Å². The molecule has 0 unspecified atom stereocenters. The maximum Gasteiger partial charge on any atom is 0.225 e. The molecule has 0 atom stereocenters. The molecule has 5 heteroatoms. The minimum absolute atomic E-state index is 0.730. The number of nitrogens with zero attached hydrogens (tertiary/aromatic N) is 3. The van der Waals surface area contributed by atoms with Gasteiger partial charge in [-0.2, -0.15) is 0 Å². The normalized spacial score (nSPS) is 14.2. The van der Waals surface area contributed by atoms with E-state index in [1.807, 2.05) is 24.3 Å². The smallest absolute Gasteiger partial charge is 0.225 e. The van der Waals surface area contributed by atoms with E-state index < -0.39 is 0 Å². The molecule has 0 spiro atoms. The third-order valence-corrected chi connectivity index (χ3v) is 4.39. The molecule has 1 aliphatic rings. The topological polar surface area (TPSA) is 47.5 Å². The third-order valence-electron chi connectivity index (χ3n) is 4.39. The summed E-state index contributed by atoms with van der Waals surface area (Å²) in [4.78, 5) is 11.1. The van der Waals surface area contributed by atoms with Gasteiger partial charge >= 0.3 is 0 Å². The Morgan fingerprint density at radius 1 is 1.13 bits per heavy atom. The summed E-state index contributed by atoms with van der Waals surface area (Å²) in [5, 5.41) is 0. The lowest BCUT2D eigenvalue weighted by Crippen LogP contribution is -2.33. The van der Waals surface area contributed by atoms with Gasteiger partial charge in [0.1, 0.15) is 11.5 Å². The highest BCUT2D eigenvalue weighted by atomic mass is 16.5. The zero-order valence-electron chi connectivity index (χ0n) is 13.7. The van der Waals surface area contributed by atoms with Crippen LogP contribution >= 0.6 is 0 Å². The third kappa shape index (κ3) is 3.73. The molecule has 23 heavy (non-hydrogen) atoms. The van der Waals surface area contributed by atoms with Gasteiger partial charge in [-0.05, 0) is 37.0 Å². The Kier molecular flexibility index (Phi) is 4.95. The Morgan fingerprint density at radius 3 is 2.52 bits per heavy atom. The number of hydrogen-bond acceptors (Lipinski definition) is 5. The maximum absolute atomic E-state index is 5.52. The minimum Gasteiger partial charge on any atom is -0.497 e. The Hall–Kier alpha value is -2.30. The molecular formula is C18H23N3O2. The molecule has 122 valence electrons. The molecule has 0 N–H and O–H groups in total. The van der Waals surface area contributed by atoms with Crippen LogP contribution < -0.4 is 14.4 Å². The fourth-order valence-corrected chi connectivity index (χ4v) is 2.85. The Labute approximate surface area is 137 Å². The zero-order chi connectivity index (χ0) is 16.1. The zero-order valence-corrected chi connectivity index (χ0v) is 13.7. The number of aromatic nitrogens is 2. The van der Waals surface area contributed by atoms with E-state index >= 15 is 0 Å². The van der Waals surface area contributed by atoms with Gasteiger partial charge in [0.25, 0.3) is 0 Å². The van der Waals surface area contributed by atoms with E-state index in [1.165, 1.54) is 19.3 Å². The second-order valence-corrected chi connectivity index (χ2v) is 5.90. The molecule has 2 aromatic rings. The summed E-state index contributed by atoms with van der Waals surface area (Å²) in [5.41, 5.74) is 1.11. The van der Waals surface area contributed by atoms with E-state index in [0.29, 0.717) is 0 Å². The van der Waals surface area contributed by atoms with Crippen LogP contribution in [0.1, 0.15) is 24.8 Å². The first-order valence-electron chi connectivity index (χ1n) is 8.03. The van der Waals surface area contributed by atoms with Crippen LogP contribution in [-0.4, -0.2) is 30.7 Å². The Bertz CT molecular complexity index is 629. The van der Waals surface area contributed by atoms with Crippen molar-refractivity contribution in [2.45, 2.75) is 25.8 Å². The lowest BCUT2D eigenvalue weighted by Gasteiger charge is -2.32. The number of anilines is 1. The number of methoxy groups -OCH3 is 2. The quantitative estimate of drug-likeness (QED) is 0.785. The van der Waals surface area contributed by atoms with E-state index in [0.717, 1.165) is 42.0 Å². The summed E-state index contributed by atoms with van der Waals surface area (Å²) >= 11 is 0. The number of benzene rings is 1. The largest absolute Gasteiger partial charge is 0.497 e. The average Bonchev–Trinajstić information content (AvgIpc) is 2.57. The summed E-state index contributed by atoms with van der Waals surface area (Å²) in [7, 11) is 3.35. The summed E-state index contributed by atoms with van der Waals surface area (Å²) in [6.45, 7) is 1.72. The van der Waals surface area contributed by atoms with Gasteiger partial charge in [0.2, 0.25) is 5.95 Å². The highest BCUT2D eigenvalue weighted by Crippen LogP contribution is 2.31. The van der Waals surface area contributed by atoms with Gasteiger partial charge in [-0.1, -0.05) is 6.42 Å². The van der Waals surface area contributed by atoms with Crippen LogP contribution in [0.15, 0.2) is 36.7 Å². The molecule has 0 saturated heterocycles. The van der Waals surface area contributed by atoms with Crippen molar-refractivity contribution in [1.29, 1.82) is 0 Å². The molecule has 0 bridgehead atoms. The van der Waals surface area contributed by atoms with Crippen molar-refractivity contribution in [2.24, 2.45) is 5.92 Å². The van der Waals surface area contributed by atoms with Gasteiger partial charge in [-0.3, -0.25) is 0 Å². The van der Waals surface area contributed by atoms with Gasteiger partial charge in [0.15, 0.2) is 0 Å². The number of ether oxygens (including phenoxy) is 2. The monoisotopic (exact) mass is 313 g/mol. The van der Waals surface area contributed by atoms with Gasteiger partial charge in [0.05, 0.1) is 14.2 Å². The maximum atomic E-state index is 5.52. The second kappa shape index (κ2) is 7.31. The van der Waals surface area contributed by atoms with Crippen molar-refractivity contribution in [3.8, 4) is 11.5 Å². The molecule has 1 aliphatic carbocycles. The summed E-state index contributed by atoms with van der Waals surface area (Å²) in [6, 6.07) is 7.78. The Balaban J connectivity index is 1.82. The predicted octanol–water partition coefficient (Wildman–Crippen LogP) is 3.30. The van der Waals surface area contributed by atoms with E-state index in [-0.39, 0.29) is 0 Å². The molecule has 0 radical (unpaired) electrons. The minimum atomic E-state index is 0.730. The lowest BCUT2D eigenvalue weighted by molar-refractivity contribution is 0.315. The van der Waals surface area contributed by atoms with Crippen molar-refractivity contribution in [3.05, 3.63) is 42.2 Å². The summed E-state index contributed by atoms with van der Waals surface area (Å²) in [6.07, 6.45) is 7.51. The molecular weight excluding hydrogens is 290 g/mol. The number of rotatable bonds is 7.